The average molecular weight is 579 g/mol. The molecule has 0 bridgehead atoms. The van der Waals surface area contributed by atoms with E-state index in [-0.39, 0.29) is 55.7 Å². The van der Waals surface area contributed by atoms with Crippen LogP contribution in [0.25, 0.3) is 11.1 Å². The number of aliphatic carboxylic acids is 2. The summed E-state index contributed by atoms with van der Waals surface area (Å²) in [7, 11) is 0. The quantitative estimate of drug-likeness (QED) is 0.208. The molecule has 0 aromatic heterocycles. The molecule has 42 heavy (non-hydrogen) atoms. The van der Waals surface area contributed by atoms with Crippen LogP contribution >= 0.6 is 0 Å². The topological polar surface area (TPSA) is 130 Å². The van der Waals surface area contributed by atoms with Gasteiger partial charge in [0.15, 0.2) is 5.78 Å². The van der Waals surface area contributed by atoms with Crippen molar-refractivity contribution in [2.75, 3.05) is 13.2 Å². The Morgan fingerprint density at radius 1 is 0.976 bits per heavy atom. The van der Waals surface area contributed by atoms with E-state index in [0.29, 0.717) is 58.6 Å². The lowest BCUT2D eigenvalue weighted by molar-refractivity contribution is -0.143. The third kappa shape index (κ3) is 7.08. The first kappa shape index (κ1) is 30.6. The van der Waals surface area contributed by atoms with Crippen molar-refractivity contribution in [3.05, 3.63) is 76.6 Å². The van der Waals surface area contributed by atoms with E-state index in [2.05, 4.69) is 0 Å². The summed E-state index contributed by atoms with van der Waals surface area (Å²) in [4.78, 5) is 35.8. The maximum Gasteiger partial charge on any atom is 0.306 e. The highest BCUT2D eigenvalue weighted by Gasteiger charge is 2.34. The molecule has 2 unspecified atom stereocenters. The van der Waals surface area contributed by atoms with Gasteiger partial charge in [0, 0.05) is 36.5 Å². The Morgan fingerprint density at radius 3 is 2.31 bits per heavy atom. The number of phenols is 1. The molecule has 0 radical (unpaired) electrons. The van der Waals surface area contributed by atoms with Crippen LogP contribution in [-0.4, -0.2) is 46.3 Å². The number of phenolic OH excluding ortho intramolecular Hbond substituents is 1. The molecule has 0 saturated carbocycles. The third-order valence-electron chi connectivity index (χ3n) is 7.81. The monoisotopic (exact) mass is 578 g/mol. The molecule has 0 fully saturated rings. The summed E-state index contributed by atoms with van der Waals surface area (Å²) in [5.41, 5.74) is 3.95. The van der Waals surface area contributed by atoms with Gasteiger partial charge in [-0.2, -0.15) is 0 Å². The molecule has 0 aliphatic heterocycles. The number of carbonyl (C=O) groups is 3. The summed E-state index contributed by atoms with van der Waals surface area (Å²) in [6, 6.07) is 12.6. The van der Waals surface area contributed by atoms with E-state index >= 15 is 0 Å². The van der Waals surface area contributed by atoms with E-state index in [0.717, 1.165) is 5.56 Å². The molecule has 222 valence electrons. The number of ketones is 1. The van der Waals surface area contributed by atoms with Gasteiger partial charge in [-0.05, 0) is 77.8 Å². The average Bonchev–Trinajstić information content (AvgIpc) is 2.96. The Labute approximate surface area is 243 Å². The Morgan fingerprint density at radius 2 is 1.67 bits per heavy atom. The molecule has 2 atom stereocenters. The van der Waals surface area contributed by atoms with Gasteiger partial charge in [0.25, 0.3) is 0 Å². The fourth-order valence-electron chi connectivity index (χ4n) is 5.35. The number of carboxylic acid groups (broad SMARTS) is 2. The van der Waals surface area contributed by atoms with Gasteiger partial charge in [-0.1, -0.05) is 26.0 Å². The van der Waals surface area contributed by atoms with Crippen molar-refractivity contribution in [3.8, 4) is 28.4 Å². The maximum atomic E-state index is 13.3. The largest absolute Gasteiger partial charge is 0.507 e. The van der Waals surface area contributed by atoms with E-state index < -0.39 is 17.9 Å². The van der Waals surface area contributed by atoms with Crippen LogP contribution in [0.3, 0.4) is 0 Å². The number of hydrogen-bond donors (Lipinski definition) is 3. The van der Waals surface area contributed by atoms with Crippen LogP contribution in [-0.2, 0) is 28.9 Å². The number of aryl methyl sites for hydroxylation is 1. The normalized spacial score (nSPS) is 15.1. The molecule has 1 aliphatic rings. The Bertz CT molecular complexity index is 1460. The summed E-state index contributed by atoms with van der Waals surface area (Å²) in [6.07, 6.45) is 1.64. The number of carboxylic acids is 2. The van der Waals surface area contributed by atoms with E-state index in [9.17, 15) is 34.1 Å². The summed E-state index contributed by atoms with van der Waals surface area (Å²) < 4.78 is 25.3. The number of benzene rings is 3. The van der Waals surface area contributed by atoms with Gasteiger partial charge in [0.1, 0.15) is 23.1 Å². The van der Waals surface area contributed by atoms with Crippen LogP contribution in [0.5, 0.6) is 17.2 Å². The zero-order chi connectivity index (χ0) is 30.4. The molecule has 0 saturated heterocycles. The molecule has 1 aliphatic carbocycles. The maximum absolute atomic E-state index is 13.3. The summed E-state index contributed by atoms with van der Waals surface area (Å²) in [5.74, 6) is -2.52. The first-order chi connectivity index (χ1) is 20.1. The lowest BCUT2D eigenvalue weighted by Gasteiger charge is -2.29. The van der Waals surface area contributed by atoms with Gasteiger partial charge in [-0.3, -0.25) is 14.4 Å². The van der Waals surface area contributed by atoms with Crippen LogP contribution in [0.4, 0.5) is 4.39 Å². The Kier molecular flexibility index (Phi) is 9.83. The van der Waals surface area contributed by atoms with Crippen molar-refractivity contribution < 1.29 is 43.6 Å². The number of Topliss-reactive ketones (excluding diaryl/α,β-unsaturated/α-hetero) is 1. The first-order valence-corrected chi connectivity index (χ1v) is 14.1. The molecule has 9 heteroatoms. The lowest BCUT2D eigenvalue weighted by atomic mass is 9.75. The predicted octanol–water partition coefficient (Wildman–Crippen LogP) is 6.09. The highest BCUT2D eigenvalue weighted by Crippen LogP contribution is 2.38. The van der Waals surface area contributed by atoms with Crippen LogP contribution in [0, 0.1) is 17.7 Å². The summed E-state index contributed by atoms with van der Waals surface area (Å²) in [6.45, 7) is 4.10. The highest BCUT2D eigenvalue weighted by molar-refractivity contribution is 5.99. The minimum absolute atomic E-state index is 0.0206. The molecule has 0 heterocycles. The minimum atomic E-state index is -0.982. The fraction of sp³-hybridized carbons (Fsp3) is 0.364. The molecule has 0 spiro atoms. The van der Waals surface area contributed by atoms with Crippen molar-refractivity contribution in [3.63, 3.8) is 0 Å². The molecule has 8 nitrogen and oxygen atoms in total. The molecular weight excluding hydrogens is 543 g/mol. The number of carbonyl (C=O) groups excluding carboxylic acids is 1. The Balaban J connectivity index is 1.44. The number of aromatic hydroxyl groups is 1. The van der Waals surface area contributed by atoms with Crippen LogP contribution < -0.4 is 9.47 Å². The van der Waals surface area contributed by atoms with Crippen molar-refractivity contribution in [2.24, 2.45) is 11.8 Å². The second kappa shape index (κ2) is 13.5. The van der Waals surface area contributed by atoms with Gasteiger partial charge in [0.2, 0.25) is 0 Å². The number of fused-ring (bicyclic) bond motifs is 1. The van der Waals surface area contributed by atoms with Gasteiger partial charge in [-0.15, -0.1) is 0 Å². The molecule has 3 aromatic rings. The highest BCUT2D eigenvalue weighted by atomic mass is 19.1. The predicted molar refractivity (Wildman–Crippen MR) is 154 cm³/mol. The van der Waals surface area contributed by atoms with E-state index in [1.54, 1.807) is 37.3 Å². The van der Waals surface area contributed by atoms with Gasteiger partial charge in [0.05, 0.1) is 19.1 Å². The second-order valence-corrected chi connectivity index (χ2v) is 10.6. The molecular formula is C33H35FO8. The van der Waals surface area contributed by atoms with Crippen molar-refractivity contribution >= 4 is 17.7 Å². The molecule has 0 amide bonds. The molecule has 3 N–H and O–H groups in total. The van der Waals surface area contributed by atoms with Gasteiger partial charge >= 0.3 is 11.9 Å². The number of hydrogen-bond acceptors (Lipinski definition) is 6. The number of rotatable bonds is 13. The van der Waals surface area contributed by atoms with Crippen LogP contribution in [0.1, 0.15) is 60.2 Å². The smallest absolute Gasteiger partial charge is 0.306 e. The number of halogens is 1. The summed E-state index contributed by atoms with van der Waals surface area (Å²) >= 11 is 0. The second-order valence-electron chi connectivity index (χ2n) is 10.6. The van der Waals surface area contributed by atoms with E-state index in [1.165, 1.54) is 12.1 Å². The zero-order valence-electron chi connectivity index (χ0n) is 23.7. The standard InChI is InChI=1S/C33H35FO8/c1-3-20-15-26(21-5-7-23(34)8-6-21)29(36)18-31(20)42-14-4-13-41-30-11-9-24-27(25(30)10-12-32(37)38)16-22(17-28(24)35)19(2)33(39)40/h5-9,11,15,18-19,22,36H,3-4,10,12-14,16-17H2,1-2H3,(H,37,38)(H,39,40). The summed E-state index contributed by atoms with van der Waals surface area (Å²) in [5, 5.41) is 29.4. The number of ether oxygens (including phenoxy) is 2. The van der Waals surface area contributed by atoms with Crippen LogP contribution in [0.2, 0.25) is 0 Å². The molecule has 3 aromatic carbocycles. The SMILES string of the molecule is CCc1cc(-c2ccc(F)cc2)c(O)cc1OCCCOc1ccc2c(c1CCC(=O)O)CC(C(C)C(=O)O)CC2=O. The minimum Gasteiger partial charge on any atom is -0.507 e. The van der Waals surface area contributed by atoms with E-state index in [1.807, 2.05) is 13.0 Å². The zero-order valence-corrected chi connectivity index (χ0v) is 23.7. The van der Waals surface area contributed by atoms with Gasteiger partial charge < -0.3 is 24.8 Å². The van der Waals surface area contributed by atoms with Crippen molar-refractivity contribution in [2.45, 2.75) is 52.4 Å². The fourth-order valence-corrected chi connectivity index (χ4v) is 5.35. The Hall–Kier alpha value is -4.40. The van der Waals surface area contributed by atoms with Crippen molar-refractivity contribution in [1.82, 2.24) is 0 Å². The van der Waals surface area contributed by atoms with Gasteiger partial charge in [-0.25, -0.2) is 4.39 Å². The third-order valence-corrected chi connectivity index (χ3v) is 7.81. The van der Waals surface area contributed by atoms with Crippen LogP contribution in [0.15, 0.2) is 48.5 Å². The lowest BCUT2D eigenvalue weighted by Crippen LogP contribution is -2.30. The van der Waals surface area contributed by atoms with Crippen molar-refractivity contribution in [1.29, 1.82) is 0 Å². The van der Waals surface area contributed by atoms with E-state index in [4.69, 9.17) is 9.47 Å². The molecule has 4 rings (SSSR count). The first-order valence-electron chi connectivity index (χ1n) is 14.1.